The van der Waals surface area contributed by atoms with Crippen LogP contribution in [-0.2, 0) is 11.3 Å². The third-order valence-electron chi connectivity index (χ3n) is 2.05. The monoisotopic (exact) mass is 245 g/mol. The highest BCUT2D eigenvalue weighted by atomic mass is 35.5. The van der Waals surface area contributed by atoms with Gasteiger partial charge in [-0.05, 0) is 14.0 Å². The SMILES string of the molecule is C=C(Cl)CN(C)Cc1nc(C(C)OC)no1. The highest BCUT2D eigenvalue weighted by Crippen LogP contribution is 2.12. The quantitative estimate of drug-likeness (QED) is 0.767. The zero-order chi connectivity index (χ0) is 12.1. The molecular weight excluding hydrogens is 230 g/mol. The summed E-state index contributed by atoms with van der Waals surface area (Å²) in [5.41, 5.74) is 0. The lowest BCUT2D eigenvalue weighted by molar-refractivity contribution is 0.109. The Morgan fingerprint density at radius 3 is 2.94 bits per heavy atom. The van der Waals surface area contributed by atoms with Gasteiger partial charge in [0.15, 0.2) is 5.82 Å². The van der Waals surface area contributed by atoms with Crippen molar-refractivity contribution in [2.75, 3.05) is 20.7 Å². The van der Waals surface area contributed by atoms with E-state index in [-0.39, 0.29) is 6.10 Å². The molecule has 0 aliphatic carbocycles. The van der Waals surface area contributed by atoms with Gasteiger partial charge in [-0.1, -0.05) is 23.3 Å². The second kappa shape index (κ2) is 5.98. The van der Waals surface area contributed by atoms with E-state index in [1.165, 1.54) is 0 Å². The van der Waals surface area contributed by atoms with Crippen LogP contribution in [0.25, 0.3) is 0 Å². The van der Waals surface area contributed by atoms with E-state index in [2.05, 4.69) is 16.7 Å². The molecule has 0 radical (unpaired) electrons. The number of rotatable bonds is 6. The summed E-state index contributed by atoms with van der Waals surface area (Å²) < 4.78 is 10.2. The predicted octanol–water partition coefficient (Wildman–Crippen LogP) is 1.96. The highest BCUT2D eigenvalue weighted by Gasteiger charge is 2.14. The van der Waals surface area contributed by atoms with Crippen molar-refractivity contribution in [3.8, 4) is 0 Å². The van der Waals surface area contributed by atoms with Crippen LogP contribution in [0.2, 0.25) is 0 Å². The van der Waals surface area contributed by atoms with Gasteiger partial charge < -0.3 is 9.26 Å². The molecule has 6 heteroatoms. The molecule has 1 aromatic heterocycles. The van der Waals surface area contributed by atoms with Crippen molar-refractivity contribution in [2.24, 2.45) is 0 Å². The fourth-order valence-corrected chi connectivity index (χ4v) is 1.39. The summed E-state index contributed by atoms with van der Waals surface area (Å²) in [4.78, 5) is 6.15. The molecule has 0 N–H and O–H groups in total. The van der Waals surface area contributed by atoms with Gasteiger partial charge in [-0.15, -0.1) is 0 Å². The summed E-state index contributed by atoms with van der Waals surface area (Å²) in [5, 5.41) is 4.40. The third kappa shape index (κ3) is 3.92. The van der Waals surface area contributed by atoms with Crippen molar-refractivity contribution in [3.63, 3.8) is 0 Å². The van der Waals surface area contributed by atoms with E-state index in [0.29, 0.717) is 29.8 Å². The molecule has 16 heavy (non-hydrogen) atoms. The largest absolute Gasteiger partial charge is 0.374 e. The maximum absolute atomic E-state index is 5.69. The van der Waals surface area contributed by atoms with Crippen LogP contribution in [-0.4, -0.2) is 35.7 Å². The minimum Gasteiger partial charge on any atom is -0.374 e. The number of aromatic nitrogens is 2. The number of methoxy groups -OCH3 is 1. The number of nitrogens with zero attached hydrogens (tertiary/aromatic N) is 3. The molecule has 0 bridgehead atoms. The zero-order valence-corrected chi connectivity index (χ0v) is 10.5. The van der Waals surface area contributed by atoms with E-state index in [9.17, 15) is 0 Å². The van der Waals surface area contributed by atoms with E-state index in [0.717, 1.165) is 0 Å². The average Bonchev–Trinajstić information content (AvgIpc) is 2.63. The van der Waals surface area contributed by atoms with Crippen LogP contribution in [0, 0.1) is 0 Å². The summed E-state index contributed by atoms with van der Waals surface area (Å²) in [6, 6.07) is 0. The molecule has 0 spiro atoms. The number of likely N-dealkylation sites (N-methyl/N-ethyl adjacent to an activating group) is 1. The smallest absolute Gasteiger partial charge is 0.240 e. The fraction of sp³-hybridized carbons (Fsp3) is 0.600. The molecule has 1 aromatic rings. The van der Waals surface area contributed by atoms with Crippen LogP contribution in [0.3, 0.4) is 0 Å². The molecule has 0 fully saturated rings. The first-order chi connectivity index (χ1) is 7.52. The van der Waals surface area contributed by atoms with Crippen molar-refractivity contribution in [1.29, 1.82) is 0 Å². The summed E-state index contributed by atoms with van der Waals surface area (Å²) >= 11 is 5.69. The number of hydrogen-bond acceptors (Lipinski definition) is 5. The third-order valence-corrected chi connectivity index (χ3v) is 2.17. The van der Waals surface area contributed by atoms with E-state index in [1.54, 1.807) is 7.11 Å². The van der Waals surface area contributed by atoms with Crippen molar-refractivity contribution < 1.29 is 9.26 Å². The van der Waals surface area contributed by atoms with Gasteiger partial charge in [0.25, 0.3) is 0 Å². The van der Waals surface area contributed by atoms with Crippen LogP contribution in [0.15, 0.2) is 16.1 Å². The molecule has 1 rings (SSSR count). The van der Waals surface area contributed by atoms with Gasteiger partial charge >= 0.3 is 0 Å². The van der Waals surface area contributed by atoms with Gasteiger partial charge in [0, 0.05) is 18.7 Å². The Morgan fingerprint density at radius 1 is 1.69 bits per heavy atom. The molecular formula is C10H16ClN3O2. The van der Waals surface area contributed by atoms with E-state index >= 15 is 0 Å². The Kier molecular flexibility index (Phi) is 4.92. The van der Waals surface area contributed by atoms with Gasteiger partial charge in [0.05, 0.1) is 6.54 Å². The van der Waals surface area contributed by atoms with E-state index < -0.39 is 0 Å². The van der Waals surface area contributed by atoms with Crippen LogP contribution >= 0.6 is 11.6 Å². The van der Waals surface area contributed by atoms with Crippen molar-refractivity contribution in [2.45, 2.75) is 19.6 Å². The lowest BCUT2D eigenvalue weighted by atomic mass is 10.4. The Hall–Kier alpha value is -0.910. The van der Waals surface area contributed by atoms with Gasteiger partial charge in [-0.2, -0.15) is 4.98 Å². The van der Waals surface area contributed by atoms with Crippen molar-refractivity contribution in [1.82, 2.24) is 15.0 Å². The molecule has 0 amide bonds. The minimum absolute atomic E-state index is 0.161. The standard InChI is InChI=1S/C10H16ClN3O2/c1-7(11)5-14(3)6-9-12-10(13-16-9)8(2)15-4/h8H,1,5-6H2,2-4H3. The maximum Gasteiger partial charge on any atom is 0.240 e. The van der Waals surface area contributed by atoms with Gasteiger partial charge in [0.2, 0.25) is 5.89 Å². The average molecular weight is 246 g/mol. The highest BCUT2D eigenvalue weighted by molar-refractivity contribution is 6.29. The van der Waals surface area contributed by atoms with Crippen LogP contribution in [0.5, 0.6) is 0 Å². The molecule has 0 saturated carbocycles. The van der Waals surface area contributed by atoms with E-state index in [1.807, 2.05) is 18.9 Å². The lowest BCUT2D eigenvalue weighted by Crippen LogP contribution is -2.19. The zero-order valence-electron chi connectivity index (χ0n) is 9.73. The second-order valence-electron chi connectivity index (χ2n) is 3.61. The molecule has 5 nitrogen and oxygen atoms in total. The lowest BCUT2D eigenvalue weighted by Gasteiger charge is -2.12. The van der Waals surface area contributed by atoms with Crippen LogP contribution < -0.4 is 0 Å². The number of hydrogen-bond donors (Lipinski definition) is 0. The Morgan fingerprint density at radius 2 is 2.38 bits per heavy atom. The molecule has 0 saturated heterocycles. The first-order valence-corrected chi connectivity index (χ1v) is 5.27. The summed E-state index contributed by atoms with van der Waals surface area (Å²) in [7, 11) is 3.50. The molecule has 0 aliphatic rings. The summed E-state index contributed by atoms with van der Waals surface area (Å²) in [6.07, 6.45) is -0.161. The normalized spacial score (nSPS) is 13.1. The van der Waals surface area contributed by atoms with Gasteiger partial charge in [-0.25, -0.2) is 0 Å². The second-order valence-corrected chi connectivity index (χ2v) is 4.15. The Labute approximate surface area is 100 Å². The molecule has 90 valence electrons. The molecule has 1 atom stereocenters. The topological polar surface area (TPSA) is 51.4 Å². The van der Waals surface area contributed by atoms with Crippen molar-refractivity contribution >= 4 is 11.6 Å². The Bertz CT molecular complexity index is 354. The van der Waals surface area contributed by atoms with Crippen LogP contribution in [0.4, 0.5) is 0 Å². The molecule has 1 heterocycles. The molecule has 0 aliphatic heterocycles. The van der Waals surface area contributed by atoms with Crippen LogP contribution in [0.1, 0.15) is 24.7 Å². The summed E-state index contributed by atoms with van der Waals surface area (Å²) in [6.45, 7) is 6.60. The van der Waals surface area contributed by atoms with Gasteiger partial charge in [0.1, 0.15) is 6.10 Å². The maximum atomic E-state index is 5.69. The van der Waals surface area contributed by atoms with E-state index in [4.69, 9.17) is 20.9 Å². The molecule has 0 aromatic carbocycles. The first-order valence-electron chi connectivity index (χ1n) is 4.90. The first kappa shape index (κ1) is 13.2. The Balaban J connectivity index is 2.54. The van der Waals surface area contributed by atoms with Crippen molar-refractivity contribution in [3.05, 3.63) is 23.3 Å². The number of halogens is 1. The summed E-state index contributed by atoms with van der Waals surface area (Å²) in [5.74, 6) is 1.09. The minimum atomic E-state index is -0.161. The predicted molar refractivity (Wildman–Crippen MR) is 61.0 cm³/mol. The molecule has 1 unspecified atom stereocenters. The fourth-order valence-electron chi connectivity index (χ4n) is 1.18. The van der Waals surface area contributed by atoms with Gasteiger partial charge in [-0.3, -0.25) is 4.90 Å². The number of ether oxygens (including phenoxy) is 1.